The van der Waals surface area contributed by atoms with E-state index < -0.39 is 5.97 Å². The standard InChI is InChI=1S/C27H27N3O3.Ni/c31-25(32)18-28-26(21-12-5-2-6-13-21)22-14-7-8-15-23(22)29-27(33)24-16-9-17-30(24)19-20-10-3-1-4-11-20;/h1-8,10-15,24H,9,16-19H2,(H2,28,29,31,32,33);/q;+2/p-1/t24-;/m0./s1. The average Bonchev–Trinajstić information content (AvgIpc) is 3.29. The van der Waals surface area contributed by atoms with Crippen molar-refractivity contribution in [3.05, 3.63) is 107 Å². The first-order chi connectivity index (χ1) is 16.1. The first-order valence-corrected chi connectivity index (χ1v) is 11.1. The molecule has 0 aromatic heterocycles. The molecule has 0 bridgehead atoms. The molecular formula is C27H26N3NiO3+. The molecular weight excluding hydrogens is 473 g/mol. The van der Waals surface area contributed by atoms with Crippen molar-refractivity contribution in [1.82, 2.24) is 4.90 Å². The largest absolute Gasteiger partial charge is 2.00 e. The van der Waals surface area contributed by atoms with Crippen LogP contribution in [-0.2, 0) is 32.6 Å². The zero-order valence-corrected chi connectivity index (χ0v) is 19.6. The molecule has 1 aliphatic rings. The van der Waals surface area contributed by atoms with Crippen LogP contribution in [0.4, 0.5) is 5.69 Å². The van der Waals surface area contributed by atoms with Crippen LogP contribution in [0.2, 0.25) is 0 Å². The maximum atomic E-state index is 13.3. The molecule has 1 heterocycles. The number of para-hydroxylation sites is 1. The molecule has 0 spiro atoms. The Hall–Kier alpha value is -3.28. The summed E-state index contributed by atoms with van der Waals surface area (Å²) < 4.78 is 0. The third kappa shape index (κ3) is 6.40. The summed E-state index contributed by atoms with van der Waals surface area (Å²) in [5.41, 5.74) is 3.61. The second-order valence-corrected chi connectivity index (χ2v) is 8.01. The van der Waals surface area contributed by atoms with Crippen LogP contribution in [0.1, 0.15) is 29.5 Å². The summed E-state index contributed by atoms with van der Waals surface area (Å²) in [7, 11) is 0. The molecule has 176 valence electrons. The number of carbonyl (C=O) groups excluding carboxylic acids is 1. The Kier molecular flexibility index (Phi) is 9.14. The number of nitrogens with zero attached hydrogens (tertiary/aromatic N) is 3. The monoisotopic (exact) mass is 498 g/mol. The maximum Gasteiger partial charge on any atom is 2.00 e. The molecule has 34 heavy (non-hydrogen) atoms. The van der Waals surface area contributed by atoms with Gasteiger partial charge >= 0.3 is 22.5 Å². The number of rotatable bonds is 8. The van der Waals surface area contributed by atoms with Gasteiger partial charge in [-0.1, -0.05) is 84.9 Å². The number of aliphatic carboxylic acids is 1. The van der Waals surface area contributed by atoms with Crippen LogP contribution in [0.15, 0.2) is 89.9 Å². The predicted molar refractivity (Wildman–Crippen MR) is 129 cm³/mol. The predicted octanol–water partition coefficient (Wildman–Crippen LogP) is 4.80. The number of aliphatic imine (C=N–C) groups is 1. The minimum Gasteiger partial charge on any atom is -0.625 e. The van der Waals surface area contributed by atoms with E-state index in [1.807, 2.05) is 66.7 Å². The fourth-order valence-electron chi connectivity index (χ4n) is 4.15. The van der Waals surface area contributed by atoms with Crippen LogP contribution in [0.5, 0.6) is 0 Å². The smallest absolute Gasteiger partial charge is 0.625 e. The zero-order valence-electron chi connectivity index (χ0n) is 18.6. The van der Waals surface area contributed by atoms with Crippen LogP contribution >= 0.6 is 0 Å². The molecule has 4 rings (SSSR count). The van der Waals surface area contributed by atoms with Crippen molar-refractivity contribution < 1.29 is 31.2 Å². The van der Waals surface area contributed by atoms with Gasteiger partial charge in [0.15, 0.2) is 0 Å². The summed E-state index contributed by atoms with van der Waals surface area (Å²) in [6.45, 7) is 1.21. The number of likely N-dealkylation sites (tertiary alicyclic amines) is 1. The SMILES string of the molecule is O=C(O)CN=C(c1ccccc1)c1ccccc1[N-]C(=O)[C@@H]1CCCN1Cc1ccccc1.[Ni+2]. The van der Waals surface area contributed by atoms with Gasteiger partial charge in [-0.15, -0.1) is 5.69 Å². The van der Waals surface area contributed by atoms with Gasteiger partial charge in [0, 0.05) is 12.1 Å². The van der Waals surface area contributed by atoms with E-state index >= 15 is 0 Å². The van der Waals surface area contributed by atoms with Crippen LogP contribution < -0.4 is 0 Å². The van der Waals surface area contributed by atoms with Crippen LogP contribution in [0.25, 0.3) is 5.32 Å². The van der Waals surface area contributed by atoms with Gasteiger partial charge in [0.25, 0.3) is 0 Å². The summed E-state index contributed by atoms with van der Waals surface area (Å²) in [4.78, 5) is 31.0. The molecule has 1 aliphatic heterocycles. The van der Waals surface area contributed by atoms with Crippen molar-refractivity contribution in [3.8, 4) is 0 Å². The maximum absolute atomic E-state index is 13.3. The van der Waals surface area contributed by atoms with Gasteiger partial charge in [-0.2, -0.15) is 0 Å². The minimum absolute atomic E-state index is 0. The molecule has 3 aromatic rings. The number of amides is 1. The van der Waals surface area contributed by atoms with Crippen molar-refractivity contribution in [2.45, 2.75) is 25.4 Å². The molecule has 0 saturated carbocycles. The molecule has 6 nitrogen and oxygen atoms in total. The number of carboxylic acid groups (broad SMARTS) is 1. The van der Waals surface area contributed by atoms with Crippen LogP contribution in [0.3, 0.4) is 0 Å². The van der Waals surface area contributed by atoms with E-state index in [2.05, 4.69) is 27.3 Å². The van der Waals surface area contributed by atoms with Crippen molar-refractivity contribution in [2.24, 2.45) is 4.99 Å². The molecule has 0 radical (unpaired) electrons. The summed E-state index contributed by atoms with van der Waals surface area (Å²) in [6, 6.07) is 26.5. The van der Waals surface area contributed by atoms with Gasteiger partial charge in [0.2, 0.25) is 0 Å². The molecule has 3 aromatic carbocycles. The Morgan fingerprint density at radius 1 is 0.941 bits per heavy atom. The number of carboxylic acids is 1. The van der Waals surface area contributed by atoms with Gasteiger partial charge in [0.05, 0.1) is 17.7 Å². The Labute approximate surface area is 209 Å². The second-order valence-electron chi connectivity index (χ2n) is 8.01. The Morgan fingerprint density at radius 3 is 2.29 bits per heavy atom. The molecule has 1 saturated heterocycles. The van der Waals surface area contributed by atoms with E-state index in [9.17, 15) is 14.7 Å². The van der Waals surface area contributed by atoms with Crippen LogP contribution in [0, 0.1) is 0 Å². The quantitative estimate of drug-likeness (QED) is 0.357. The molecule has 0 unspecified atom stereocenters. The third-order valence-electron chi connectivity index (χ3n) is 5.69. The molecule has 1 amide bonds. The van der Waals surface area contributed by atoms with E-state index in [-0.39, 0.29) is 35.0 Å². The third-order valence-corrected chi connectivity index (χ3v) is 5.69. The topological polar surface area (TPSA) is 84.1 Å². The molecule has 7 heteroatoms. The van der Waals surface area contributed by atoms with E-state index in [0.717, 1.165) is 24.9 Å². The number of hydrogen-bond donors (Lipinski definition) is 1. The van der Waals surface area contributed by atoms with Gasteiger partial charge in [0.1, 0.15) is 6.54 Å². The van der Waals surface area contributed by atoms with E-state index in [0.29, 0.717) is 23.5 Å². The number of carbonyl (C=O) groups is 2. The Bertz CT molecular complexity index is 1140. The summed E-state index contributed by atoms with van der Waals surface area (Å²) in [5.74, 6) is -1.20. The Balaban J connectivity index is 0.00000324. The minimum atomic E-state index is -1.02. The summed E-state index contributed by atoms with van der Waals surface area (Å²) >= 11 is 0. The molecule has 1 fully saturated rings. The molecule has 0 aliphatic carbocycles. The summed E-state index contributed by atoms with van der Waals surface area (Å²) in [5, 5.41) is 13.7. The van der Waals surface area contributed by atoms with Crippen molar-refractivity contribution in [2.75, 3.05) is 13.1 Å². The average molecular weight is 499 g/mol. The van der Waals surface area contributed by atoms with Gasteiger partial charge in [-0.25, -0.2) is 0 Å². The first-order valence-electron chi connectivity index (χ1n) is 11.1. The van der Waals surface area contributed by atoms with Crippen molar-refractivity contribution in [1.29, 1.82) is 0 Å². The number of benzene rings is 3. The second kappa shape index (κ2) is 12.3. The van der Waals surface area contributed by atoms with E-state index in [1.54, 1.807) is 6.07 Å². The van der Waals surface area contributed by atoms with E-state index in [4.69, 9.17) is 0 Å². The Morgan fingerprint density at radius 2 is 1.59 bits per heavy atom. The first kappa shape index (κ1) is 25.3. The van der Waals surface area contributed by atoms with Gasteiger partial charge < -0.3 is 15.2 Å². The zero-order chi connectivity index (χ0) is 23.0. The van der Waals surface area contributed by atoms with Gasteiger partial charge in [-0.05, 0) is 30.5 Å². The van der Waals surface area contributed by atoms with E-state index in [1.165, 1.54) is 5.56 Å². The number of hydrogen-bond acceptors (Lipinski definition) is 4. The fraction of sp³-hybridized carbons (Fsp3) is 0.222. The van der Waals surface area contributed by atoms with Crippen molar-refractivity contribution >= 4 is 23.3 Å². The normalized spacial score (nSPS) is 16.0. The molecule has 1 N–H and O–H groups in total. The summed E-state index contributed by atoms with van der Waals surface area (Å²) in [6.07, 6.45) is 1.73. The fourth-order valence-corrected chi connectivity index (χ4v) is 4.15. The van der Waals surface area contributed by atoms with Crippen molar-refractivity contribution in [3.63, 3.8) is 0 Å². The van der Waals surface area contributed by atoms with Crippen LogP contribution in [-0.4, -0.2) is 46.7 Å². The molecule has 1 atom stereocenters. The van der Waals surface area contributed by atoms with Gasteiger partial charge in [-0.3, -0.25) is 14.7 Å².